The highest BCUT2D eigenvalue weighted by molar-refractivity contribution is 6.10. The summed E-state index contributed by atoms with van der Waals surface area (Å²) in [5, 5.41) is 10.6. The first-order chi connectivity index (χ1) is 16.4. The highest BCUT2D eigenvalue weighted by atomic mass is 16.5. The fourth-order valence-corrected chi connectivity index (χ4v) is 3.51. The number of hydrogen-bond acceptors (Lipinski definition) is 6. The lowest BCUT2D eigenvalue weighted by Gasteiger charge is -2.14. The number of aryl methyl sites for hydroxylation is 2. The Kier molecular flexibility index (Phi) is 8.13. The second-order valence-electron chi connectivity index (χ2n) is 7.51. The van der Waals surface area contributed by atoms with Crippen molar-refractivity contribution in [3.63, 3.8) is 0 Å². The van der Waals surface area contributed by atoms with Gasteiger partial charge in [-0.1, -0.05) is 0 Å². The number of hydrogen-bond donors (Lipinski definition) is 2. The number of methoxy groups -OCH3 is 3. The Labute approximate surface area is 199 Å². The monoisotopic (exact) mass is 465 g/mol. The first-order valence-electron chi connectivity index (χ1n) is 10.9. The quantitative estimate of drug-likeness (QED) is 0.386. The standard InChI is InChI=1S/C25H31N5O4/c1-7-30-17(3)21(16(2)29-30)15-26-25(27-19-9-11-20(32-4)12-10-19)28-24(31)18-8-13-22(33-5)23(14-18)34-6/h8-14H,7,15H2,1-6H3,(H2,26,27,28,31). The van der Waals surface area contributed by atoms with Gasteiger partial charge in [-0.05, 0) is 63.2 Å². The van der Waals surface area contributed by atoms with Gasteiger partial charge < -0.3 is 19.5 Å². The van der Waals surface area contributed by atoms with Crippen molar-refractivity contribution in [1.29, 1.82) is 0 Å². The summed E-state index contributed by atoms with van der Waals surface area (Å²) in [6, 6.07) is 12.3. The Balaban J connectivity index is 1.88. The summed E-state index contributed by atoms with van der Waals surface area (Å²) in [5.74, 6) is 1.72. The summed E-state index contributed by atoms with van der Waals surface area (Å²) in [5.41, 5.74) is 4.16. The molecule has 0 aliphatic heterocycles. The maximum atomic E-state index is 13.0. The van der Waals surface area contributed by atoms with Gasteiger partial charge in [0.1, 0.15) is 5.75 Å². The molecule has 0 atom stereocenters. The molecule has 1 amide bonds. The zero-order valence-corrected chi connectivity index (χ0v) is 20.4. The molecule has 0 bridgehead atoms. The van der Waals surface area contributed by atoms with Crippen molar-refractivity contribution >= 4 is 17.6 Å². The van der Waals surface area contributed by atoms with E-state index < -0.39 is 0 Å². The largest absolute Gasteiger partial charge is 0.497 e. The van der Waals surface area contributed by atoms with Gasteiger partial charge in [-0.2, -0.15) is 5.10 Å². The van der Waals surface area contributed by atoms with Gasteiger partial charge in [-0.15, -0.1) is 0 Å². The Morgan fingerprint density at radius 1 is 1.00 bits per heavy atom. The number of amides is 1. The number of carbonyl (C=O) groups is 1. The molecule has 0 aliphatic carbocycles. The molecule has 3 aromatic rings. The summed E-state index contributed by atoms with van der Waals surface area (Å²) in [6.07, 6.45) is 0. The smallest absolute Gasteiger partial charge is 0.258 e. The van der Waals surface area contributed by atoms with Crippen LogP contribution in [0.15, 0.2) is 47.5 Å². The summed E-state index contributed by atoms with van der Waals surface area (Å²) >= 11 is 0. The minimum Gasteiger partial charge on any atom is -0.497 e. The van der Waals surface area contributed by atoms with Crippen molar-refractivity contribution in [2.75, 3.05) is 26.6 Å². The normalized spacial score (nSPS) is 11.2. The van der Waals surface area contributed by atoms with Crippen molar-refractivity contribution in [1.82, 2.24) is 15.1 Å². The van der Waals surface area contributed by atoms with Crippen LogP contribution < -0.4 is 24.8 Å². The maximum absolute atomic E-state index is 13.0. The van der Waals surface area contributed by atoms with Crippen molar-refractivity contribution in [2.45, 2.75) is 33.9 Å². The number of nitrogens with zero attached hydrogens (tertiary/aromatic N) is 3. The number of rotatable bonds is 8. The number of nitrogens with one attached hydrogen (secondary N) is 2. The Morgan fingerprint density at radius 2 is 1.71 bits per heavy atom. The lowest BCUT2D eigenvalue weighted by molar-refractivity contribution is 0.0976. The molecule has 0 fully saturated rings. The molecular formula is C25H31N5O4. The van der Waals surface area contributed by atoms with Gasteiger partial charge in [0.05, 0.1) is 33.6 Å². The molecule has 0 saturated carbocycles. The van der Waals surface area contributed by atoms with Gasteiger partial charge in [-0.25, -0.2) is 4.99 Å². The van der Waals surface area contributed by atoms with Crippen LogP contribution in [0.25, 0.3) is 0 Å². The van der Waals surface area contributed by atoms with Crippen LogP contribution in [-0.2, 0) is 13.1 Å². The minimum absolute atomic E-state index is 0.313. The van der Waals surface area contributed by atoms with Crippen LogP contribution in [-0.4, -0.2) is 43.0 Å². The van der Waals surface area contributed by atoms with Crippen LogP contribution in [0.4, 0.5) is 5.69 Å². The lowest BCUT2D eigenvalue weighted by Crippen LogP contribution is -2.36. The molecular weight excluding hydrogens is 434 g/mol. The van der Waals surface area contributed by atoms with E-state index in [1.165, 1.54) is 7.11 Å². The molecule has 9 nitrogen and oxygen atoms in total. The Morgan fingerprint density at radius 3 is 2.29 bits per heavy atom. The fraction of sp³-hybridized carbons (Fsp3) is 0.320. The highest BCUT2D eigenvalue weighted by Gasteiger charge is 2.15. The number of guanidine groups is 1. The van der Waals surface area contributed by atoms with Crippen molar-refractivity contribution < 1.29 is 19.0 Å². The summed E-state index contributed by atoms with van der Waals surface area (Å²) in [6.45, 7) is 7.17. The second-order valence-corrected chi connectivity index (χ2v) is 7.51. The van der Waals surface area contributed by atoms with E-state index in [2.05, 4.69) is 20.7 Å². The molecule has 9 heteroatoms. The number of anilines is 1. The third-order valence-electron chi connectivity index (χ3n) is 5.46. The molecule has 1 heterocycles. The van der Waals surface area contributed by atoms with Crippen LogP contribution in [0.3, 0.4) is 0 Å². The Hall–Kier alpha value is -4.01. The van der Waals surface area contributed by atoms with Gasteiger partial charge >= 0.3 is 0 Å². The van der Waals surface area contributed by atoms with E-state index >= 15 is 0 Å². The van der Waals surface area contributed by atoms with Crippen LogP contribution in [0, 0.1) is 13.8 Å². The van der Waals surface area contributed by atoms with Crippen molar-refractivity contribution in [2.24, 2.45) is 4.99 Å². The number of aliphatic imine (C=N–C) groups is 1. The average molecular weight is 466 g/mol. The molecule has 0 aliphatic rings. The van der Waals surface area contributed by atoms with E-state index in [-0.39, 0.29) is 5.91 Å². The average Bonchev–Trinajstić information content (AvgIpc) is 3.14. The molecule has 2 aromatic carbocycles. The van der Waals surface area contributed by atoms with Gasteiger partial charge in [0, 0.05) is 29.1 Å². The zero-order chi connectivity index (χ0) is 24.7. The van der Waals surface area contributed by atoms with E-state index in [1.807, 2.05) is 49.7 Å². The van der Waals surface area contributed by atoms with Crippen LogP contribution in [0.1, 0.15) is 34.2 Å². The molecule has 34 heavy (non-hydrogen) atoms. The first kappa shape index (κ1) is 24.6. The van der Waals surface area contributed by atoms with Gasteiger partial charge in [0.25, 0.3) is 5.91 Å². The highest BCUT2D eigenvalue weighted by Crippen LogP contribution is 2.27. The number of ether oxygens (including phenoxy) is 3. The molecule has 1 aromatic heterocycles. The second kappa shape index (κ2) is 11.2. The fourth-order valence-electron chi connectivity index (χ4n) is 3.51. The molecule has 180 valence electrons. The van der Waals surface area contributed by atoms with Crippen LogP contribution in [0.2, 0.25) is 0 Å². The van der Waals surface area contributed by atoms with Crippen LogP contribution >= 0.6 is 0 Å². The molecule has 0 saturated heterocycles. The maximum Gasteiger partial charge on any atom is 0.258 e. The molecule has 2 N–H and O–H groups in total. The van der Waals surface area contributed by atoms with Crippen LogP contribution in [0.5, 0.6) is 17.2 Å². The predicted molar refractivity (Wildman–Crippen MR) is 132 cm³/mol. The third-order valence-corrected chi connectivity index (χ3v) is 5.46. The number of carbonyl (C=O) groups excluding carboxylic acids is 1. The molecule has 0 radical (unpaired) electrons. The summed E-state index contributed by atoms with van der Waals surface area (Å²) in [4.78, 5) is 17.7. The lowest BCUT2D eigenvalue weighted by atomic mass is 10.2. The number of benzene rings is 2. The van der Waals surface area contributed by atoms with E-state index in [0.717, 1.165) is 34.9 Å². The van der Waals surface area contributed by atoms with E-state index in [9.17, 15) is 4.79 Å². The minimum atomic E-state index is -0.335. The van der Waals surface area contributed by atoms with E-state index in [1.54, 1.807) is 32.4 Å². The van der Waals surface area contributed by atoms with E-state index in [4.69, 9.17) is 14.2 Å². The molecule has 3 rings (SSSR count). The molecule has 0 unspecified atom stereocenters. The number of aromatic nitrogens is 2. The van der Waals surface area contributed by atoms with Gasteiger partial charge in [-0.3, -0.25) is 14.8 Å². The topological polar surface area (TPSA) is 99.0 Å². The summed E-state index contributed by atoms with van der Waals surface area (Å²) < 4.78 is 17.7. The van der Waals surface area contributed by atoms with Crippen molar-refractivity contribution in [3.05, 3.63) is 65.0 Å². The third kappa shape index (κ3) is 5.67. The molecule has 0 spiro atoms. The van der Waals surface area contributed by atoms with Gasteiger partial charge in [0.2, 0.25) is 5.96 Å². The zero-order valence-electron chi connectivity index (χ0n) is 20.4. The Bertz CT molecular complexity index is 1170. The first-order valence-corrected chi connectivity index (χ1v) is 10.9. The van der Waals surface area contributed by atoms with Crippen molar-refractivity contribution in [3.8, 4) is 17.2 Å². The predicted octanol–water partition coefficient (Wildman–Crippen LogP) is 3.94. The SMILES string of the molecule is CCn1nc(C)c(CN=C(NC(=O)c2ccc(OC)c(OC)c2)Nc2ccc(OC)cc2)c1C. The summed E-state index contributed by atoms with van der Waals surface area (Å²) in [7, 11) is 4.68. The van der Waals surface area contributed by atoms with E-state index in [0.29, 0.717) is 29.6 Å². The van der Waals surface area contributed by atoms with Gasteiger partial charge in [0.15, 0.2) is 11.5 Å².